The summed E-state index contributed by atoms with van der Waals surface area (Å²) in [5.41, 5.74) is 3.28. The molecule has 0 spiro atoms. The maximum Gasteiger partial charge on any atom is 0.0690 e. The monoisotopic (exact) mass is 647 g/mol. The Morgan fingerprint density at radius 1 is 1.02 bits per heavy atom. The van der Waals surface area contributed by atoms with E-state index in [0.717, 1.165) is 18.9 Å². The number of piperidine rings is 1. The van der Waals surface area contributed by atoms with Crippen molar-refractivity contribution in [3.05, 3.63) is 29.6 Å². The number of rotatable bonds is 1. The molecule has 4 aliphatic rings. The van der Waals surface area contributed by atoms with Crippen LogP contribution in [0.5, 0.6) is 0 Å². The molecule has 1 saturated carbocycles. The molecule has 9 atom stereocenters. The van der Waals surface area contributed by atoms with Gasteiger partial charge >= 0.3 is 0 Å². The lowest BCUT2D eigenvalue weighted by atomic mass is 9.67. The smallest absolute Gasteiger partial charge is 0.0690 e. The molecule has 3 saturated heterocycles. The molecule has 0 amide bonds. The molecule has 5 nitrogen and oxygen atoms in total. The van der Waals surface area contributed by atoms with Crippen LogP contribution in [-0.2, 0) is 5.41 Å². The fourth-order valence-corrected chi connectivity index (χ4v) is 10.9. The number of pyridine rings is 1. The van der Waals surface area contributed by atoms with Gasteiger partial charge in [0.1, 0.15) is 0 Å². The number of hydrogen-bond donors (Lipinski definition) is 3. The van der Waals surface area contributed by atoms with Gasteiger partial charge in [-0.2, -0.15) is 0 Å². The predicted octanol–water partition coefficient (Wildman–Crippen LogP) is 7.77. The Morgan fingerprint density at radius 3 is 2.54 bits per heavy atom. The van der Waals surface area contributed by atoms with Crippen molar-refractivity contribution in [1.82, 2.24) is 25.2 Å². The molecule has 1 aliphatic carbocycles. The molecule has 7 heteroatoms. The SMILES string of the molecule is CC(C)(C)c1ccnc(C2CC[C@@H]3CN(C4CC(C(C)(C)C)C(Br)CC4CNSC4CCCC(N4)N2)C(C)(C)C3)c1. The fourth-order valence-electron chi connectivity index (χ4n) is 8.35. The van der Waals surface area contributed by atoms with Crippen LogP contribution < -0.4 is 15.4 Å². The van der Waals surface area contributed by atoms with Crippen LogP contribution >= 0.6 is 27.9 Å². The first-order valence-electron chi connectivity index (χ1n) is 16.5. The van der Waals surface area contributed by atoms with Gasteiger partial charge in [0, 0.05) is 35.7 Å². The summed E-state index contributed by atoms with van der Waals surface area (Å²) in [5.74, 6) is 2.10. The summed E-state index contributed by atoms with van der Waals surface area (Å²) in [6.45, 7) is 21.7. The second-order valence-electron chi connectivity index (χ2n) is 16.4. The zero-order chi connectivity index (χ0) is 29.6. The maximum atomic E-state index is 4.96. The lowest BCUT2D eigenvalue weighted by Gasteiger charge is -2.51. The first kappa shape index (κ1) is 32.2. The number of halogens is 1. The minimum atomic E-state index is 0.125. The number of aromatic nitrogens is 1. The molecule has 5 rings (SSSR count). The normalized spacial score (nSPS) is 38.9. The fraction of sp³-hybridized carbons (Fsp3) is 0.853. The maximum absolute atomic E-state index is 4.96. The Bertz CT molecular complexity index is 1020. The van der Waals surface area contributed by atoms with Crippen molar-refractivity contribution in [2.75, 3.05) is 13.1 Å². The molecule has 0 radical (unpaired) electrons. The van der Waals surface area contributed by atoms with E-state index in [1.54, 1.807) is 0 Å². The Hall–Kier alpha value is -0.180. The average Bonchev–Trinajstić information content (AvgIpc) is 3.19. The molecule has 1 aromatic rings. The molecule has 4 bridgehead atoms. The highest BCUT2D eigenvalue weighted by molar-refractivity contribution is 9.09. The van der Waals surface area contributed by atoms with Crippen molar-refractivity contribution >= 4 is 27.9 Å². The summed E-state index contributed by atoms with van der Waals surface area (Å²) in [7, 11) is 0. The van der Waals surface area contributed by atoms with Gasteiger partial charge < -0.3 is 0 Å². The number of alkyl halides is 1. The summed E-state index contributed by atoms with van der Waals surface area (Å²) >= 11 is 6.13. The van der Waals surface area contributed by atoms with Gasteiger partial charge in [-0.25, -0.2) is 0 Å². The summed E-state index contributed by atoms with van der Waals surface area (Å²) in [6, 6.07) is 5.49. The zero-order valence-corrected chi connectivity index (χ0v) is 29.5. The van der Waals surface area contributed by atoms with Crippen LogP contribution in [0.2, 0.25) is 0 Å². The summed E-state index contributed by atoms with van der Waals surface area (Å²) in [5, 5.41) is 8.48. The van der Waals surface area contributed by atoms with E-state index in [1.165, 1.54) is 62.7 Å². The van der Waals surface area contributed by atoms with E-state index < -0.39 is 0 Å². The number of nitrogens with zero attached hydrogens (tertiary/aromatic N) is 2. The van der Waals surface area contributed by atoms with Gasteiger partial charge in [-0.3, -0.25) is 25.2 Å². The molecule has 232 valence electrons. The van der Waals surface area contributed by atoms with Crippen molar-refractivity contribution < 1.29 is 0 Å². The highest BCUT2D eigenvalue weighted by Gasteiger charge is 2.49. The van der Waals surface area contributed by atoms with E-state index in [4.69, 9.17) is 4.98 Å². The van der Waals surface area contributed by atoms with Gasteiger partial charge in [-0.15, -0.1) is 0 Å². The molecule has 41 heavy (non-hydrogen) atoms. The van der Waals surface area contributed by atoms with E-state index in [2.05, 4.69) is 104 Å². The van der Waals surface area contributed by atoms with Crippen molar-refractivity contribution in [3.63, 3.8) is 0 Å². The topological polar surface area (TPSA) is 52.2 Å². The lowest BCUT2D eigenvalue weighted by molar-refractivity contribution is 0.0151. The molecule has 3 aliphatic heterocycles. The summed E-state index contributed by atoms with van der Waals surface area (Å²) in [6.07, 6.45) is 12.3. The van der Waals surface area contributed by atoms with Crippen LogP contribution in [0.25, 0.3) is 0 Å². The molecule has 4 heterocycles. The van der Waals surface area contributed by atoms with E-state index in [-0.39, 0.29) is 17.0 Å². The molecule has 3 N–H and O–H groups in total. The molecule has 0 aromatic carbocycles. The van der Waals surface area contributed by atoms with E-state index in [1.807, 2.05) is 18.1 Å². The largest absolute Gasteiger partial charge is 0.295 e. The number of hydrogen-bond acceptors (Lipinski definition) is 6. The van der Waals surface area contributed by atoms with Crippen molar-refractivity contribution in [2.24, 2.45) is 23.2 Å². The van der Waals surface area contributed by atoms with Gasteiger partial charge in [0.25, 0.3) is 0 Å². The third kappa shape index (κ3) is 7.73. The second kappa shape index (κ2) is 12.7. The van der Waals surface area contributed by atoms with Crippen LogP contribution in [-0.4, -0.2) is 50.9 Å². The Labute approximate surface area is 264 Å². The first-order chi connectivity index (χ1) is 19.2. The van der Waals surface area contributed by atoms with Crippen molar-refractivity contribution in [2.45, 2.75) is 146 Å². The number of fused-ring (bicyclic) bond motifs is 6. The molecule has 1 aromatic heterocycles. The van der Waals surface area contributed by atoms with Crippen LogP contribution in [0.15, 0.2) is 18.3 Å². The third-order valence-electron chi connectivity index (χ3n) is 10.7. The van der Waals surface area contributed by atoms with Gasteiger partial charge in [-0.1, -0.05) is 69.4 Å². The highest BCUT2D eigenvalue weighted by Crippen LogP contribution is 2.49. The minimum absolute atomic E-state index is 0.125. The van der Waals surface area contributed by atoms with Crippen molar-refractivity contribution in [1.29, 1.82) is 0 Å². The van der Waals surface area contributed by atoms with Crippen LogP contribution in [0.1, 0.15) is 124 Å². The third-order valence-corrected chi connectivity index (χ3v) is 12.7. The molecular formula is C34H58BrN5S. The Morgan fingerprint density at radius 2 is 1.80 bits per heavy atom. The highest BCUT2D eigenvalue weighted by atomic mass is 79.9. The minimum Gasteiger partial charge on any atom is -0.295 e. The average molecular weight is 649 g/mol. The van der Waals surface area contributed by atoms with Crippen molar-refractivity contribution in [3.8, 4) is 0 Å². The zero-order valence-electron chi connectivity index (χ0n) is 27.1. The predicted molar refractivity (Wildman–Crippen MR) is 179 cm³/mol. The van der Waals surface area contributed by atoms with E-state index in [9.17, 15) is 0 Å². The molecular weight excluding hydrogens is 590 g/mol. The van der Waals surface area contributed by atoms with E-state index in [0.29, 0.717) is 39.7 Å². The standard InChI is InChI=1S/C34H58BrN5S/c1-32(2,3)24-14-15-36-28(17-24)27-13-12-22-19-34(7,8)40(21-22)29-18-25(33(4,5)6)26(35)16-23(29)20-37-41-31-11-9-10-30(38-27)39-31/h14-15,17,22-23,25-27,29-31,37-39H,9-13,16,18-21H2,1-8H3/t22-,23?,25?,26?,27?,29?,30?,31?/m0/s1. The molecule has 4 fully saturated rings. The van der Waals surface area contributed by atoms with E-state index >= 15 is 0 Å². The lowest BCUT2D eigenvalue weighted by Crippen LogP contribution is -2.56. The van der Waals surface area contributed by atoms with Crippen LogP contribution in [0.4, 0.5) is 0 Å². The summed E-state index contributed by atoms with van der Waals surface area (Å²) < 4.78 is 3.90. The summed E-state index contributed by atoms with van der Waals surface area (Å²) in [4.78, 5) is 8.52. The molecule has 8 unspecified atom stereocenters. The van der Waals surface area contributed by atoms with Gasteiger partial charge in [0.2, 0.25) is 0 Å². The van der Waals surface area contributed by atoms with Gasteiger partial charge in [-0.05, 0) is 111 Å². The Kier molecular flexibility index (Phi) is 9.96. The van der Waals surface area contributed by atoms with Crippen LogP contribution in [0, 0.1) is 23.2 Å². The van der Waals surface area contributed by atoms with Gasteiger partial charge in [0.05, 0.1) is 23.3 Å². The van der Waals surface area contributed by atoms with Gasteiger partial charge in [0.15, 0.2) is 0 Å². The Balaban J connectivity index is 1.42. The number of nitrogens with one attached hydrogen (secondary N) is 3. The second-order valence-corrected chi connectivity index (χ2v) is 18.7. The van der Waals surface area contributed by atoms with Crippen LogP contribution in [0.3, 0.4) is 0 Å². The first-order valence-corrected chi connectivity index (χ1v) is 18.3. The quantitative estimate of drug-likeness (QED) is 0.214.